The molecule has 20 heavy (non-hydrogen) atoms. The second kappa shape index (κ2) is 5.66. The molecule has 1 aliphatic rings. The molecule has 0 aromatic carbocycles. The molecule has 7 nitrogen and oxygen atoms in total. The predicted octanol–water partition coefficient (Wildman–Crippen LogP) is -0.635. The number of pyridine rings is 1. The summed E-state index contributed by atoms with van der Waals surface area (Å²) in [4.78, 5) is 26.0. The van der Waals surface area contributed by atoms with Crippen molar-refractivity contribution >= 4 is 15.7 Å². The summed E-state index contributed by atoms with van der Waals surface area (Å²) >= 11 is 0. The van der Waals surface area contributed by atoms with Crippen LogP contribution in [0.25, 0.3) is 0 Å². The van der Waals surface area contributed by atoms with Gasteiger partial charge >= 0.3 is 0 Å². The zero-order valence-electron chi connectivity index (χ0n) is 11.0. The third kappa shape index (κ3) is 3.83. The van der Waals surface area contributed by atoms with Crippen LogP contribution < -0.4 is 15.5 Å². The smallest absolute Gasteiger partial charge is 0.258 e. The molecule has 0 saturated carbocycles. The van der Waals surface area contributed by atoms with Crippen LogP contribution in [-0.2, 0) is 14.6 Å². The van der Waals surface area contributed by atoms with Crippen LogP contribution in [0.3, 0.4) is 0 Å². The second-order valence-electron chi connectivity index (χ2n) is 4.80. The van der Waals surface area contributed by atoms with Crippen LogP contribution in [-0.4, -0.2) is 43.5 Å². The Bertz CT molecular complexity index is 665. The lowest BCUT2D eigenvalue weighted by molar-refractivity contribution is -0.123. The topological polar surface area (TPSA) is 105 Å². The highest BCUT2D eigenvalue weighted by Gasteiger charge is 2.28. The number of ether oxygens (including phenoxy) is 1. The quantitative estimate of drug-likeness (QED) is 0.770. The highest BCUT2D eigenvalue weighted by Crippen LogP contribution is 2.11. The first kappa shape index (κ1) is 14.6. The fraction of sp³-hybridized carbons (Fsp3) is 0.500. The molecule has 2 rings (SSSR count). The number of hydrogen-bond donors (Lipinski definition) is 2. The molecule has 1 saturated heterocycles. The first-order valence-corrected chi connectivity index (χ1v) is 8.00. The number of nitrogens with one attached hydrogen (secondary N) is 2. The number of amides is 1. The Morgan fingerprint density at radius 2 is 2.30 bits per heavy atom. The Kier molecular flexibility index (Phi) is 4.12. The zero-order chi connectivity index (χ0) is 14.8. The van der Waals surface area contributed by atoms with Gasteiger partial charge in [0.25, 0.3) is 5.91 Å². The molecule has 8 heteroatoms. The summed E-state index contributed by atoms with van der Waals surface area (Å²) in [6, 6.07) is 1.00. The Labute approximate surface area is 116 Å². The van der Waals surface area contributed by atoms with Crippen molar-refractivity contribution in [2.75, 3.05) is 18.1 Å². The average molecular weight is 300 g/mol. The minimum atomic E-state index is -3.03. The molecule has 0 spiro atoms. The fourth-order valence-corrected chi connectivity index (χ4v) is 3.67. The van der Waals surface area contributed by atoms with Gasteiger partial charge in [0.2, 0.25) is 5.43 Å². The van der Waals surface area contributed by atoms with Crippen LogP contribution in [0.2, 0.25) is 0 Å². The van der Waals surface area contributed by atoms with Gasteiger partial charge < -0.3 is 15.0 Å². The summed E-state index contributed by atoms with van der Waals surface area (Å²) in [6.07, 6.45) is 1.81. The first-order valence-electron chi connectivity index (χ1n) is 6.18. The van der Waals surface area contributed by atoms with Crippen molar-refractivity contribution < 1.29 is 17.9 Å². The van der Waals surface area contributed by atoms with Crippen LogP contribution in [0.4, 0.5) is 0 Å². The number of carbonyl (C=O) groups excluding carboxylic acids is 1. The van der Waals surface area contributed by atoms with Gasteiger partial charge in [0.05, 0.1) is 11.5 Å². The number of hydrogen-bond acceptors (Lipinski definition) is 5. The molecule has 1 atom stereocenters. The van der Waals surface area contributed by atoms with Crippen LogP contribution in [0.1, 0.15) is 12.1 Å². The molecular formula is C12H16N2O5S. The largest absolute Gasteiger partial charge is 0.478 e. The van der Waals surface area contributed by atoms with Gasteiger partial charge in [0, 0.05) is 24.0 Å². The molecule has 0 radical (unpaired) electrons. The normalized spacial score (nSPS) is 20.6. The van der Waals surface area contributed by atoms with E-state index < -0.39 is 15.7 Å². The molecule has 1 amide bonds. The SMILES string of the molecule is Cc1cc(=O)c(OCC(=O)NC2CCS(=O)(=O)C2)c[nH]1. The summed E-state index contributed by atoms with van der Waals surface area (Å²) in [5, 5.41) is 2.58. The maximum Gasteiger partial charge on any atom is 0.258 e. The van der Waals surface area contributed by atoms with E-state index in [1.54, 1.807) is 6.92 Å². The highest BCUT2D eigenvalue weighted by molar-refractivity contribution is 7.91. The fourth-order valence-electron chi connectivity index (χ4n) is 1.99. The van der Waals surface area contributed by atoms with Gasteiger partial charge in [-0.15, -0.1) is 0 Å². The second-order valence-corrected chi connectivity index (χ2v) is 7.03. The Hall–Kier alpha value is -1.83. The maximum absolute atomic E-state index is 11.6. The van der Waals surface area contributed by atoms with E-state index in [0.717, 1.165) is 0 Å². The number of carbonyl (C=O) groups is 1. The van der Waals surface area contributed by atoms with Gasteiger partial charge in [-0.05, 0) is 13.3 Å². The summed E-state index contributed by atoms with van der Waals surface area (Å²) < 4.78 is 27.6. The summed E-state index contributed by atoms with van der Waals surface area (Å²) in [5.74, 6) is -0.322. The molecule has 1 aromatic rings. The van der Waals surface area contributed by atoms with E-state index in [-0.39, 0.29) is 35.3 Å². The molecular weight excluding hydrogens is 284 g/mol. The van der Waals surface area contributed by atoms with Crippen molar-refractivity contribution in [1.82, 2.24) is 10.3 Å². The highest BCUT2D eigenvalue weighted by atomic mass is 32.2. The van der Waals surface area contributed by atoms with E-state index in [2.05, 4.69) is 10.3 Å². The first-order chi connectivity index (χ1) is 9.35. The molecule has 110 valence electrons. The number of rotatable bonds is 4. The summed E-state index contributed by atoms with van der Waals surface area (Å²) in [6.45, 7) is 1.42. The van der Waals surface area contributed by atoms with E-state index in [9.17, 15) is 18.0 Å². The Morgan fingerprint density at radius 3 is 2.90 bits per heavy atom. The number of aromatic amines is 1. The molecule has 2 N–H and O–H groups in total. The number of H-pyrrole nitrogens is 1. The summed E-state index contributed by atoms with van der Waals surface area (Å²) in [5.41, 5.74) is 0.389. The van der Waals surface area contributed by atoms with Crippen LogP contribution in [0, 0.1) is 6.92 Å². The standard InChI is InChI=1S/C12H16N2O5S/c1-8-4-10(15)11(5-13-8)19-6-12(16)14-9-2-3-20(17,18)7-9/h4-5,9H,2-3,6-7H2,1H3,(H,13,15)(H,14,16). The molecule has 2 heterocycles. The van der Waals surface area contributed by atoms with Crippen molar-refractivity contribution in [3.8, 4) is 5.75 Å². The zero-order valence-corrected chi connectivity index (χ0v) is 11.8. The van der Waals surface area contributed by atoms with E-state index >= 15 is 0 Å². The van der Waals surface area contributed by atoms with Crippen LogP contribution in [0.15, 0.2) is 17.1 Å². The Morgan fingerprint density at radius 1 is 1.55 bits per heavy atom. The lowest BCUT2D eigenvalue weighted by Gasteiger charge is -2.11. The number of sulfone groups is 1. The predicted molar refractivity (Wildman–Crippen MR) is 72.5 cm³/mol. The maximum atomic E-state index is 11.6. The molecule has 0 aliphatic carbocycles. The van der Waals surface area contributed by atoms with Gasteiger partial charge in [0.1, 0.15) is 0 Å². The van der Waals surface area contributed by atoms with E-state index in [1.807, 2.05) is 0 Å². The van der Waals surface area contributed by atoms with Gasteiger partial charge in [-0.25, -0.2) is 8.42 Å². The van der Waals surface area contributed by atoms with Crippen LogP contribution >= 0.6 is 0 Å². The van der Waals surface area contributed by atoms with Gasteiger partial charge in [-0.1, -0.05) is 0 Å². The van der Waals surface area contributed by atoms with E-state index in [0.29, 0.717) is 12.1 Å². The number of aromatic nitrogens is 1. The third-order valence-electron chi connectivity index (χ3n) is 2.98. The average Bonchev–Trinajstić information content (AvgIpc) is 2.67. The Balaban J connectivity index is 1.85. The van der Waals surface area contributed by atoms with Crippen molar-refractivity contribution in [1.29, 1.82) is 0 Å². The minimum Gasteiger partial charge on any atom is -0.478 e. The molecule has 1 aliphatic heterocycles. The van der Waals surface area contributed by atoms with Gasteiger partial charge in [0.15, 0.2) is 22.2 Å². The monoisotopic (exact) mass is 300 g/mol. The van der Waals surface area contributed by atoms with Crippen molar-refractivity contribution in [2.45, 2.75) is 19.4 Å². The van der Waals surface area contributed by atoms with Crippen molar-refractivity contribution in [3.63, 3.8) is 0 Å². The third-order valence-corrected chi connectivity index (χ3v) is 4.75. The van der Waals surface area contributed by atoms with Crippen molar-refractivity contribution in [3.05, 3.63) is 28.2 Å². The molecule has 1 unspecified atom stereocenters. The molecule has 1 aromatic heterocycles. The minimum absolute atomic E-state index is 0.0378. The lowest BCUT2D eigenvalue weighted by atomic mass is 10.2. The van der Waals surface area contributed by atoms with Crippen LogP contribution in [0.5, 0.6) is 5.75 Å². The lowest BCUT2D eigenvalue weighted by Crippen LogP contribution is -2.38. The van der Waals surface area contributed by atoms with Crippen molar-refractivity contribution in [2.24, 2.45) is 0 Å². The van der Waals surface area contributed by atoms with E-state index in [4.69, 9.17) is 4.74 Å². The summed E-state index contributed by atoms with van der Waals surface area (Å²) in [7, 11) is -3.03. The number of aryl methyl sites for hydroxylation is 1. The van der Waals surface area contributed by atoms with Gasteiger partial charge in [-0.2, -0.15) is 0 Å². The van der Waals surface area contributed by atoms with E-state index in [1.165, 1.54) is 12.3 Å². The molecule has 1 fully saturated rings. The molecule has 0 bridgehead atoms. The van der Waals surface area contributed by atoms with Gasteiger partial charge in [-0.3, -0.25) is 9.59 Å².